The van der Waals surface area contributed by atoms with E-state index < -0.39 is 23.4 Å². The molecule has 92 heavy (non-hydrogen) atoms. The summed E-state index contributed by atoms with van der Waals surface area (Å²) in [5.74, 6) is -1.82. The van der Waals surface area contributed by atoms with Crippen LogP contribution in [-0.4, -0.2) is 29.1 Å². The Labute approximate surface area is 523 Å². The van der Waals surface area contributed by atoms with Gasteiger partial charge in [0.05, 0.1) is 61.1 Å². The monoisotopic (exact) mass is 1200 g/mol. The van der Waals surface area contributed by atoms with Gasteiger partial charge >= 0.3 is 6.18 Å². The topological polar surface area (TPSA) is 61.4 Å². The number of alkyl halides is 3. The molecule has 0 saturated heterocycles. The first-order valence-electron chi connectivity index (χ1n) is 30.3. The second-order valence-electron chi connectivity index (χ2n) is 23.0. The number of pyridine rings is 4. The lowest BCUT2D eigenvalue weighted by atomic mass is 9.96. The van der Waals surface area contributed by atoms with Crippen molar-refractivity contribution in [3.63, 3.8) is 0 Å². The summed E-state index contributed by atoms with van der Waals surface area (Å²) in [6.45, 7) is 0. The van der Waals surface area contributed by atoms with Crippen LogP contribution in [0.1, 0.15) is 18.4 Å². The minimum absolute atomic E-state index is 0.00858. The van der Waals surface area contributed by atoms with Crippen LogP contribution in [0, 0.1) is 32.5 Å². The Morgan fingerprint density at radius 3 is 1.22 bits per heavy atom. The van der Waals surface area contributed by atoms with Crippen LogP contribution in [0.5, 0.6) is 0 Å². The molecule has 0 fully saturated rings. The summed E-state index contributed by atoms with van der Waals surface area (Å²) in [6.07, 6.45) is 19.5. The number of hydrogen-bond acceptors (Lipinski definition) is 4. The molecule has 6 aromatic heterocycles. The molecule has 0 unspecified atom stereocenters. The first-order valence-corrected chi connectivity index (χ1v) is 30.3. The third-order valence-corrected chi connectivity index (χ3v) is 17.5. The van der Waals surface area contributed by atoms with Crippen LogP contribution in [0.15, 0.2) is 286 Å². The van der Waals surface area contributed by atoms with Crippen LogP contribution < -0.4 is 10.7 Å². The van der Waals surface area contributed by atoms with Gasteiger partial charge in [-0.2, -0.15) is 13.2 Å². The minimum atomic E-state index is -4.96. The fraction of sp³-hybridized carbons (Fsp3) is 0.0370. The summed E-state index contributed by atoms with van der Waals surface area (Å²) in [5, 5.41) is 7.57. The first-order chi connectivity index (χ1) is 45.1. The number of halogens is 5. The van der Waals surface area contributed by atoms with E-state index in [0.29, 0.717) is 46.3 Å². The van der Waals surface area contributed by atoms with Crippen molar-refractivity contribution in [2.75, 3.05) is 0 Å². The van der Waals surface area contributed by atoms with Gasteiger partial charge in [0.25, 0.3) is 0 Å². The maximum atomic E-state index is 16.8. The van der Waals surface area contributed by atoms with Crippen molar-refractivity contribution in [3.8, 4) is 67.3 Å². The standard InChI is InChI=1S/C81H51F5N6/c82-60-41-58(42-61(83)49-60)76-74(91-70-43-54(62-25-13-37-87-77(62)50-17-5-1-6-18-50)29-33-66(70)67-34-30-55(44-71(67)91)63-26-14-38-88-78(63)51-19-7-2-8-20-51)47-59(81(84,85)86)48-75(76)92-72-45-56(64-27-15-39-89-79(64)52-21-9-3-10-22-52)31-35-68(72)69-36-32-57(46-73(69)92)65-28-16-40-90-80(65)53-23-11-4-12-24-53/h1-21,23,25-49H,22,24H2. The molecule has 6 nitrogen and oxygen atoms in total. The quantitative estimate of drug-likeness (QED) is 0.149. The number of allylic oxidation sites excluding steroid dienone is 8. The second kappa shape index (κ2) is 22.7. The van der Waals surface area contributed by atoms with Gasteiger partial charge in [0, 0.05) is 90.7 Å². The Bertz CT molecular complexity index is 5530. The van der Waals surface area contributed by atoms with Gasteiger partial charge in [-0.3, -0.25) is 19.9 Å². The van der Waals surface area contributed by atoms with Crippen molar-refractivity contribution in [2.45, 2.75) is 19.0 Å². The highest BCUT2D eigenvalue weighted by Crippen LogP contribution is 2.47. The van der Waals surface area contributed by atoms with Gasteiger partial charge in [0.2, 0.25) is 0 Å². The van der Waals surface area contributed by atoms with Gasteiger partial charge in [0.15, 0.2) is 0 Å². The van der Waals surface area contributed by atoms with Crippen molar-refractivity contribution in [1.29, 1.82) is 0 Å². The fourth-order valence-corrected chi connectivity index (χ4v) is 13.4. The maximum absolute atomic E-state index is 16.8. The van der Waals surface area contributed by atoms with Crippen molar-refractivity contribution in [2.24, 2.45) is 0 Å². The van der Waals surface area contributed by atoms with Crippen LogP contribution in [0.2, 0.25) is 0 Å². The molecule has 0 N–H and O–H groups in total. The highest BCUT2D eigenvalue weighted by molar-refractivity contribution is 6.13. The van der Waals surface area contributed by atoms with Gasteiger partial charge in [-0.1, -0.05) is 182 Å². The molecule has 2 aliphatic rings. The zero-order valence-electron chi connectivity index (χ0n) is 49.1. The van der Waals surface area contributed by atoms with E-state index in [4.69, 9.17) is 19.9 Å². The number of fused-ring (bicyclic) bond motifs is 6. The predicted octanol–water partition coefficient (Wildman–Crippen LogP) is 19.0. The van der Waals surface area contributed by atoms with Gasteiger partial charge in [-0.05, 0) is 124 Å². The number of benzene rings is 8. The Morgan fingerprint density at radius 2 is 0.783 bits per heavy atom. The van der Waals surface area contributed by atoms with Crippen molar-refractivity contribution in [3.05, 3.63) is 334 Å². The molecule has 16 rings (SSSR count). The molecule has 0 atom stereocenters. The Hall–Kier alpha value is -11.7. The van der Waals surface area contributed by atoms with Crippen LogP contribution >= 0.6 is 0 Å². The average molecular weight is 1200 g/mol. The van der Waals surface area contributed by atoms with Crippen molar-refractivity contribution < 1.29 is 22.0 Å². The molecule has 2 aliphatic carbocycles. The highest BCUT2D eigenvalue weighted by atomic mass is 19.4. The molecule has 0 aliphatic heterocycles. The summed E-state index contributed by atoms with van der Waals surface area (Å²) in [6, 6.07) is 64.5. The van der Waals surface area contributed by atoms with E-state index in [1.807, 2.05) is 228 Å². The van der Waals surface area contributed by atoms with Crippen LogP contribution in [0.3, 0.4) is 0 Å². The fourth-order valence-electron chi connectivity index (χ4n) is 13.4. The molecular weight excluding hydrogens is 1150 g/mol. The second-order valence-corrected chi connectivity index (χ2v) is 23.0. The van der Waals surface area contributed by atoms with Crippen molar-refractivity contribution in [1.82, 2.24) is 29.1 Å². The maximum Gasteiger partial charge on any atom is 0.416 e. The van der Waals surface area contributed by atoms with E-state index in [1.54, 1.807) is 24.8 Å². The lowest BCUT2D eigenvalue weighted by Crippen LogP contribution is -2.13. The van der Waals surface area contributed by atoms with E-state index >= 15 is 22.0 Å². The third kappa shape index (κ3) is 9.82. The van der Waals surface area contributed by atoms with E-state index in [-0.39, 0.29) is 22.5 Å². The molecule has 0 spiro atoms. The number of rotatable bonds is 7. The molecule has 0 amide bonds. The molecule has 0 saturated carbocycles. The SMILES string of the molecule is Fc1cc(F)cc(-c2c(-n3c4cc(-c5cccnc5-c5ccccc5)ccc4c4ccc(-c5cccnc5-c5ccccc5)cc43)cc(C(F)(F)F)cc2-n2c3cc(=c4cccnc4=C4C=CC=CC4)ccc3c3ccc(=c4cccnc4=C4C=CC=CC4)cc32)c1. The van der Waals surface area contributed by atoms with Crippen LogP contribution in [0.25, 0.3) is 122 Å². The molecule has 6 heterocycles. The summed E-state index contributed by atoms with van der Waals surface area (Å²) >= 11 is 0. The number of aromatic nitrogens is 6. The molecule has 8 aromatic carbocycles. The third-order valence-electron chi connectivity index (χ3n) is 17.5. The molecule has 0 radical (unpaired) electrons. The molecule has 14 aromatic rings. The summed E-state index contributed by atoms with van der Waals surface area (Å²) < 4.78 is 87.1. The molecule has 0 bridgehead atoms. The largest absolute Gasteiger partial charge is 0.416 e. The minimum Gasteiger partial charge on any atom is -0.308 e. The summed E-state index contributed by atoms with van der Waals surface area (Å²) in [4.78, 5) is 19.6. The average Bonchev–Trinajstić information content (AvgIpc) is 1.54. The molecule has 11 heteroatoms. The number of hydrogen-bond donors (Lipinski definition) is 0. The van der Waals surface area contributed by atoms with Crippen LogP contribution in [-0.2, 0) is 6.18 Å². The van der Waals surface area contributed by atoms with E-state index in [2.05, 4.69) is 12.2 Å². The lowest BCUT2D eigenvalue weighted by Gasteiger charge is -2.23. The lowest BCUT2D eigenvalue weighted by molar-refractivity contribution is -0.137. The molecule has 440 valence electrons. The van der Waals surface area contributed by atoms with Gasteiger partial charge in [0.1, 0.15) is 11.6 Å². The Morgan fingerprint density at radius 1 is 0.359 bits per heavy atom. The highest BCUT2D eigenvalue weighted by Gasteiger charge is 2.35. The molecular formula is C81H51F5N6. The van der Waals surface area contributed by atoms with Gasteiger partial charge in [-0.25, -0.2) is 8.78 Å². The Kier molecular flexibility index (Phi) is 13.7. The van der Waals surface area contributed by atoms with Gasteiger partial charge in [-0.15, -0.1) is 0 Å². The normalized spacial score (nSPS) is 15.1. The summed E-state index contributed by atoms with van der Waals surface area (Å²) in [7, 11) is 0. The van der Waals surface area contributed by atoms with E-state index in [9.17, 15) is 0 Å². The zero-order valence-corrected chi connectivity index (χ0v) is 49.1. The Balaban J connectivity index is 1.10. The first kappa shape index (κ1) is 55.6. The smallest absolute Gasteiger partial charge is 0.308 e. The van der Waals surface area contributed by atoms with E-state index in [1.165, 1.54) is 12.1 Å². The summed E-state index contributed by atoms with van der Waals surface area (Å²) in [5.41, 5.74) is 9.53. The van der Waals surface area contributed by atoms with E-state index in [0.717, 1.165) is 116 Å². The van der Waals surface area contributed by atoms with Crippen molar-refractivity contribution >= 4 is 54.8 Å². The van der Waals surface area contributed by atoms with Gasteiger partial charge < -0.3 is 9.13 Å². The number of nitrogens with zero attached hydrogens (tertiary/aromatic N) is 6. The zero-order chi connectivity index (χ0) is 62.0. The van der Waals surface area contributed by atoms with Crippen LogP contribution in [0.4, 0.5) is 22.0 Å². The predicted molar refractivity (Wildman–Crippen MR) is 358 cm³/mol.